The van der Waals surface area contributed by atoms with E-state index < -0.39 is 5.82 Å². The number of aromatic nitrogens is 4. The molecule has 2 aromatic heterocycles. The molecule has 9 heteroatoms. The lowest BCUT2D eigenvalue weighted by molar-refractivity contribution is 0.322. The molecule has 1 aromatic carbocycles. The number of aliphatic hydroxyl groups excluding tert-OH is 1. The lowest BCUT2D eigenvalue weighted by Crippen LogP contribution is -2.02. The Bertz CT molecular complexity index is 887. The van der Waals surface area contributed by atoms with E-state index in [9.17, 15) is 14.6 Å². The maximum absolute atomic E-state index is 13.2. The largest absolute Gasteiger partial charge is 0.506 e. The number of hydrogen-bond acceptors (Lipinski definition) is 7. The molecular weight excluding hydrogens is 347 g/mol. The predicted molar refractivity (Wildman–Crippen MR) is 92.7 cm³/mol. The van der Waals surface area contributed by atoms with Crippen molar-refractivity contribution in [1.82, 2.24) is 19.7 Å². The molecular formula is C16H17FN4O3S. The molecule has 0 saturated carbocycles. The van der Waals surface area contributed by atoms with Crippen molar-refractivity contribution in [2.75, 3.05) is 18.1 Å². The zero-order valence-corrected chi connectivity index (χ0v) is 14.1. The van der Waals surface area contributed by atoms with Crippen LogP contribution in [0.25, 0.3) is 16.7 Å². The molecule has 0 radical (unpaired) electrons. The zero-order chi connectivity index (χ0) is 17.8. The fraction of sp³-hybridized carbons (Fsp3) is 0.312. The summed E-state index contributed by atoms with van der Waals surface area (Å²) in [5.74, 6) is 0.970. The number of aryl methyl sites for hydroxylation is 1. The molecule has 0 saturated heterocycles. The SMILES string of the molecule is OCCSCCCc1nc(O)c2cnn(-c3ccc(F)cc3O)c2n1. The van der Waals surface area contributed by atoms with Gasteiger partial charge in [-0.05, 0) is 24.3 Å². The van der Waals surface area contributed by atoms with Crippen LogP contribution in [0.5, 0.6) is 11.6 Å². The fourth-order valence-corrected chi connectivity index (χ4v) is 3.08. The highest BCUT2D eigenvalue weighted by Gasteiger charge is 2.15. The summed E-state index contributed by atoms with van der Waals surface area (Å²) in [7, 11) is 0. The number of hydrogen-bond donors (Lipinski definition) is 3. The Kier molecular flexibility index (Phi) is 5.34. The fourth-order valence-electron chi connectivity index (χ4n) is 2.40. The Morgan fingerprint density at radius 2 is 2.00 bits per heavy atom. The van der Waals surface area contributed by atoms with Gasteiger partial charge in [-0.25, -0.2) is 14.1 Å². The Labute approximate surface area is 147 Å². The van der Waals surface area contributed by atoms with Crippen molar-refractivity contribution in [3.63, 3.8) is 0 Å². The number of thioether (sulfide) groups is 1. The molecule has 0 spiro atoms. The van der Waals surface area contributed by atoms with Gasteiger partial charge >= 0.3 is 0 Å². The van der Waals surface area contributed by atoms with Gasteiger partial charge in [0.1, 0.15) is 28.5 Å². The van der Waals surface area contributed by atoms with E-state index >= 15 is 0 Å². The Balaban J connectivity index is 1.90. The smallest absolute Gasteiger partial charge is 0.225 e. The van der Waals surface area contributed by atoms with Gasteiger partial charge in [-0.1, -0.05) is 0 Å². The van der Waals surface area contributed by atoms with Crippen LogP contribution in [-0.2, 0) is 6.42 Å². The summed E-state index contributed by atoms with van der Waals surface area (Å²) in [5, 5.41) is 33.3. The molecule has 2 heterocycles. The van der Waals surface area contributed by atoms with Crippen molar-refractivity contribution in [3.8, 4) is 17.3 Å². The van der Waals surface area contributed by atoms with Gasteiger partial charge in [0.2, 0.25) is 5.88 Å². The number of nitrogens with zero attached hydrogens (tertiary/aromatic N) is 4. The summed E-state index contributed by atoms with van der Waals surface area (Å²) >= 11 is 1.63. The Hall–Kier alpha value is -2.39. The molecule has 132 valence electrons. The van der Waals surface area contributed by atoms with Gasteiger partial charge in [-0.3, -0.25) is 0 Å². The molecule has 0 unspecified atom stereocenters. The zero-order valence-electron chi connectivity index (χ0n) is 13.3. The minimum Gasteiger partial charge on any atom is -0.506 e. The van der Waals surface area contributed by atoms with Crippen LogP contribution in [0.4, 0.5) is 4.39 Å². The lowest BCUT2D eigenvalue weighted by atomic mass is 10.3. The third-order valence-corrected chi connectivity index (χ3v) is 4.59. The minimum atomic E-state index is -0.559. The number of phenolic OH excluding ortho intramolecular Hbond substituents is 1. The normalized spacial score (nSPS) is 11.3. The summed E-state index contributed by atoms with van der Waals surface area (Å²) < 4.78 is 14.5. The van der Waals surface area contributed by atoms with Gasteiger partial charge in [-0.15, -0.1) is 0 Å². The number of aliphatic hydroxyl groups is 1. The third-order valence-electron chi connectivity index (χ3n) is 3.54. The first-order valence-corrected chi connectivity index (χ1v) is 8.86. The van der Waals surface area contributed by atoms with E-state index in [1.54, 1.807) is 11.8 Å². The second-order valence-electron chi connectivity index (χ2n) is 5.33. The highest BCUT2D eigenvalue weighted by atomic mass is 32.2. The van der Waals surface area contributed by atoms with Crippen molar-refractivity contribution in [2.24, 2.45) is 0 Å². The number of aromatic hydroxyl groups is 2. The quantitative estimate of drug-likeness (QED) is 0.551. The number of phenols is 1. The first-order chi connectivity index (χ1) is 12.1. The average molecular weight is 364 g/mol. The lowest BCUT2D eigenvalue weighted by Gasteiger charge is -2.07. The van der Waals surface area contributed by atoms with Gasteiger partial charge in [0.25, 0.3) is 0 Å². The molecule has 3 N–H and O–H groups in total. The molecule has 0 aliphatic heterocycles. The molecule has 7 nitrogen and oxygen atoms in total. The molecule has 0 bridgehead atoms. The summed E-state index contributed by atoms with van der Waals surface area (Å²) in [4.78, 5) is 8.49. The molecule has 3 rings (SSSR count). The maximum atomic E-state index is 13.2. The van der Waals surface area contributed by atoms with Crippen LogP contribution in [0.3, 0.4) is 0 Å². The Morgan fingerprint density at radius 3 is 2.76 bits per heavy atom. The van der Waals surface area contributed by atoms with E-state index in [2.05, 4.69) is 15.1 Å². The minimum absolute atomic E-state index is 0.147. The molecule has 0 amide bonds. The van der Waals surface area contributed by atoms with E-state index in [-0.39, 0.29) is 23.9 Å². The van der Waals surface area contributed by atoms with Crippen LogP contribution in [0, 0.1) is 5.82 Å². The molecule has 0 atom stereocenters. The number of fused-ring (bicyclic) bond motifs is 1. The maximum Gasteiger partial charge on any atom is 0.225 e. The van der Waals surface area contributed by atoms with Gasteiger partial charge in [0.05, 0.1) is 12.8 Å². The van der Waals surface area contributed by atoms with Gasteiger partial charge < -0.3 is 15.3 Å². The van der Waals surface area contributed by atoms with Gasteiger partial charge in [0, 0.05) is 18.2 Å². The number of halogens is 1. The Morgan fingerprint density at radius 1 is 1.16 bits per heavy atom. The average Bonchev–Trinajstić information content (AvgIpc) is 2.99. The van der Waals surface area contributed by atoms with Crippen molar-refractivity contribution < 1.29 is 19.7 Å². The standard InChI is InChI=1S/C16H17FN4O3S/c17-10-3-4-12(13(23)8-10)21-15-11(9-18-21)16(24)20-14(19-15)2-1-6-25-7-5-22/h3-4,8-9,22-23H,1-2,5-7H2,(H,19,20,24). The second-order valence-corrected chi connectivity index (χ2v) is 6.55. The number of benzene rings is 1. The van der Waals surface area contributed by atoms with Gasteiger partial charge in [-0.2, -0.15) is 21.8 Å². The van der Waals surface area contributed by atoms with E-state index in [1.807, 2.05) is 0 Å². The topological polar surface area (TPSA) is 104 Å². The predicted octanol–water partition coefficient (Wildman–Crippen LogP) is 2.02. The van der Waals surface area contributed by atoms with Crippen LogP contribution < -0.4 is 0 Å². The van der Waals surface area contributed by atoms with Crippen molar-refractivity contribution in [1.29, 1.82) is 0 Å². The van der Waals surface area contributed by atoms with Crippen molar-refractivity contribution in [3.05, 3.63) is 36.0 Å². The summed E-state index contributed by atoms with van der Waals surface area (Å²) in [6.45, 7) is 0.147. The van der Waals surface area contributed by atoms with E-state index in [0.717, 1.165) is 18.2 Å². The summed E-state index contributed by atoms with van der Waals surface area (Å²) in [6.07, 6.45) is 2.75. The van der Waals surface area contributed by atoms with Crippen LogP contribution in [0.15, 0.2) is 24.4 Å². The monoisotopic (exact) mass is 364 g/mol. The van der Waals surface area contributed by atoms with Crippen LogP contribution in [0.2, 0.25) is 0 Å². The molecule has 0 fully saturated rings. The molecule has 25 heavy (non-hydrogen) atoms. The van der Waals surface area contributed by atoms with E-state index in [1.165, 1.54) is 23.0 Å². The first kappa shape index (κ1) is 17.4. The van der Waals surface area contributed by atoms with Crippen molar-refractivity contribution >= 4 is 22.8 Å². The van der Waals surface area contributed by atoms with Crippen LogP contribution in [-0.4, -0.2) is 53.2 Å². The van der Waals surface area contributed by atoms with E-state index in [0.29, 0.717) is 29.0 Å². The summed E-state index contributed by atoms with van der Waals surface area (Å²) in [6, 6.07) is 3.59. The van der Waals surface area contributed by atoms with Crippen LogP contribution >= 0.6 is 11.8 Å². The summed E-state index contributed by atoms with van der Waals surface area (Å²) in [5.41, 5.74) is 0.603. The molecule has 3 aromatic rings. The molecule has 0 aliphatic carbocycles. The highest BCUT2D eigenvalue weighted by Crippen LogP contribution is 2.28. The van der Waals surface area contributed by atoms with Crippen LogP contribution in [0.1, 0.15) is 12.2 Å². The molecule has 0 aliphatic rings. The van der Waals surface area contributed by atoms with Crippen molar-refractivity contribution in [2.45, 2.75) is 12.8 Å². The van der Waals surface area contributed by atoms with E-state index in [4.69, 9.17) is 5.11 Å². The second kappa shape index (κ2) is 7.66. The highest BCUT2D eigenvalue weighted by molar-refractivity contribution is 7.99. The third kappa shape index (κ3) is 3.83. The van der Waals surface area contributed by atoms with Gasteiger partial charge in [0.15, 0.2) is 5.65 Å². The first-order valence-electron chi connectivity index (χ1n) is 7.71. The number of rotatable bonds is 7.